The van der Waals surface area contributed by atoms with Crippen molar-refractivity contribution in [3.63, 3.8) is 0 Å². The van der Waals surface area contributed by atoms with Crippen molar-refractivity contribution >= 4 is 11.9 Å². The van der Waals surface area contributed by atoms with Gasteiger partial charge < -0.3 is 14.4 Å². The smallest absolute Gasteiger partial charge is 0.325 e. The van der Waals surface area contributed by atoms with Gasteiger partial charge in [-0.15, -0.1) is 0 Å². The lowest BCUT2D eigenvalue weighted by Gasteiger charge is -2.27. The summed E-state index contributed by atoms with van der Waals surface area (Å²) >= 11 is 0. The summed E-state index contributed by atoms with van der Waals surface area (Å²) < 4.78 is 10.4. The molecule has 0 atom stereocenters. The molecule has 1 aliphatic heterocycles. The van der Waals surface area contributed by atoms with Crippen molar-refractivity contribution in [2.24, 2.45) is 0 Å². The number of amides is 1. The van der Waals surface area contributed by atoms with E-state index in [-0.39, 0.29) is 12.5 Å². The fourth-order valence-corrected chi connectivity index (χ4v) is 2.71. The van der Waals surface area contributed by atoms with E-state index < -0.39 is 5.97 Å². The third-order valence-electron chi connectivity index (χ3n) is 4.04. The van der Waals surface area contributed by atoms with Crippen molar-refractivity contribution in [2.45, 2.75) is 13.0 Å². The van der Waals surface area contributed by atoms with Crippen LogP contribution >= 0.6 is 0 Å². The summed E-state index contributed by atoms with van der Waals surface area (Å²) in [7, 11) is 1.32. The number of rotatable bonds is 5. The van der Waals surface area contributed by atoms with Crippen molar-refractivity contribution in [2.75, 3.05) is 20.2 Å². The minimum Gasteiger partial charge on any atom is -0.489 e. The van der Waals surface area contributed by atoms with E-state index >= 15 is 0 Å². The lowest BCUT2D eigenvalue weighted by atomic mass is 9.98. The molecule has 24 heavy (non-hydrogen) atoms. The summed E-state index contributed by atoms with van der Waals surface area (Å²) in [4.78, 5) is 25.3. The predicted molar refractivity (Wildman–Crippen MR) is 88.8 cm³/mol. The maximum Gasteiger partial charge on any atom is 0.325 e. The van der Waals surface area contributed by atoms with Gasteiger partial charge in [0, 0.05) is 12.1 Å². The summed E-state index contributed by atoms with van der Waals surface area (Å²) in [6.45, 7) is 0.978. The maximum atomic E-state index is 12.4. The van der Waals surface area contributed by atoms with E-state index in [2.05, 4.69) is 4.74 Å². The van der Waals surface area contributed by atoms with E-state index in [0.717, 1.165) is 16.9 Å². The molecule has 124 valence electrons. The highest BCUT2D eigenvalue weighted by Crippen LogP contribution is 2.24. The Morgan fingerprint density at radius 2 is 1.96 bits per heavy atom. The number of methoxy groups -OCH3 is 1. The number of hydrogen-bond donors (Lipinski definition) is 0. The summed E-state index contributed by atoms with van der Waals surface area (Å²) in [6.07, 6.45) is 0.695. The normalized spacial score (nSPS) is 13.4. The van der Waals surface area contributed by atoms with E-state index in [4.69, 9.17) is 4.74 Å². The molecule has 5 nitrogen and oxygen atoms in total. The lowest BCUT2D eigenvalue weighted by molar-refractivity contribution is -0.141. The first-order valence-electron chi connectivity index (χ1n) is 7.83. The molecule has 0 fully saturated rings. The first kappa shape index (κ1) is 16.1. The molecular formula is C19H19NO4. The number of carbonyl (C=O) groups excluding carboxylic acids is 2. The molecule has 1 aliphatic rings. The van der Waals surface area contributed by atoms with Gasteiger partial charge in [-0.1, -0.05) is 30.3 Å². The molecule has 2 aromatic rings. The minimum atomic E-state index is -0.408. The number of benzene rings is 2. The van der Waals surface area contributed by atoms with Gasteiger partial charge in [-0.2, -0.15) is 0 Å². The van der Waals surface area contributed by atoms with Crippen molar-refractivity contribution in [3.8, 4) is 5.75 Å². The molecule has 0 N–H and O–H groups in total. The number of carbonyl (C=O) groups is 2. The van der Waals surface area contributed by atoms with Crippen molar-refractivity contribution < 1.29 is 19.1 Å². The van der Waals surface area contributed by atoms with Gasteiger partial charge in [0.05, 0.1) is 7.11 Å². The molecule has 0 aromatic heterocycles. The zero-order valence-corrected chi connectivity index (χ0v) is 13.5. The first-order chi connectivity index (χ1) is 11.7. The molecule has 1 amide bonds. The molecular weight excluding hydrogens is 306 g/mol. The SMILES string of the molecule is COC(=O)CN1CCc2cc(OCc3ccccc3)ccc2C1=O. The van der Waals surface area contributed by atoms with Crippen LogP contribution < -0.4 is 4.74 Å². The van der Waals surface area contributed by atoms with Crippen LogP contribution in [0.5, 0.6) is 5.75 Å². The molecule has 2 aromatic carbocycles. The van der Waals surface area contributed by atoms with Gasteiger partial charge in [0.2, 0.25) is 0 Å². The van der Waals surface area contributed by atoms with Crippen molar-refractivity contribution in [1.82, 2.24) is 4.90 Å². The lowest BCUT2D eigenvalue weighted by Crippen LogP contribution is -2.41. The van der Waals surface area contributed by atoms with Gasteiger partial charge in [-0.25, -0.2) is 0 Å². The van der Waals surface area contributed by atoms with Crippen LogP contribution in [-0.2, 0) is 22.6 Å². The molecule has 0 saturated heterocycles. The molecule has 3 rings (SSSR count). The first-order valence-corrected chi connectivity index (χ1v) is 7.83. The largest absolute Gasteiger partial charge is 0.489 e. The van der Waals surface area contributed by atoms with E-state index in [0.29, 0.717) is 25.1 Å². The molecule has 0 spiro atoms. The van der Waals surface area contributed by atoms with Gasteiger partial charge in [0.1, 0.15) is 18.9 Å². The van der Waals surface area contributed by atoms with E-state index in [1.165, 1.54) is 12.0 Å². The zero-order chi connectivity index (χ0) is 16.9. The zero-order valence-electron chi connectivity index (χ0n) is 13.5. The second kappa shape index (κ2) is 7.17. The van der Waals surface area contributed by atoms with Crippen LogP contribution in [0.1, 0.15) is 21.5 Å². The van der Waals surface area contributed by atoms with Crippen LogP contribution in [-0.4, -0.2) is 37.0 Å². The highest BCUT2D eigenvalue weighted by atomic mass is 16.5. The number of esters is 1. The number of fused-ring (bicyclic) bond motifs is 1. The summed E-state index contributed by atoms with van der Waals surface area (Å²) in [5, 5.41) is 0. The van der Waals surface area contributed by atoms with Crippen molar-refractivity contribution in [1.29, 1.82) is 0 Å². The summed E-state index contributed by atoms with van der Waals surface area (Å²) in [6, 6.07) is 15.4. The second-order valence-corrected chi connectivity index (χ2v) is 5.65. The quantitative estimate of drug-likeness (QED) is 0.792. The highest BCUT2D eigenvalue weighted by Gasteiger charge is 2.26. The van der Waals surface area contributed by atoms with Crippen LogP contribution in [0.3, 0.4) is 0 Å². The highest BCUT2D eigenvalue weighted by molar-refractivity contribution is 5.98. The second-order valence-electron chi connectivity index (χ2n) is 5.65. The van der Waals surface area contributed by atoms with Crippen LogP contribution in [0.15, 0.2) is 48.5 Å². The molecule has 0 bridgehead atoms. The summed E-state index contributed by atoms with van der Waals surface area (Å²) in [5.74, 6) is 0.192. The van der Waals surface area contributed by atoms with Gasteiger partial charge in [0.15, 0.2) is 0 Å². The Morgan fingerprint density at radius 1 is 1.17 bits per heavy atom. The molecule has 0 radical (unpaired) electrons. The third-order valence-corrected chi connectivity index (χ3v) is 4.04. The van der Waals surface area contributed by atoms with E-state index in [1.807, 2.05) is 36.4 Å². The van der Waals surface area contributed by atoms with Gasteiger partial charge in [-0.3, -0.25) is 9.59 Å². The predicted octanol–water partition coefficient (Wildman–Crippen LogP) is 2.44. The Labute approximate surface area is 140 Å². The Balaban J connectivity index is 1.69. The third kappa shape index (κ3) is 3.56. The van der Waals surface area contributed by atoms with E-state index in [9.17, 15) is 9.59 Å². The topological polar surface area (TPSA) is 55.8 Å². The average molecular weight is 325 g/mol. The fraction of sp³-hybridized carbons (Fsp3) is 0.263. The van der Waals surface area contributed by atoms with Crippen LogP contribution in [0.2, 0.25) is 0 Å². The van der Waals surface area contributed by atoms with Gasteiger partial charge in [-0.05, 0) is 35.7 Å². The standard InChI is InChI=1S/C19H19NO4/c1-23-18(21)12-20-10-9-15-11-16(7-8-17(15)19(20)22)24-13-14-5-3-2-4-6-14/h2-8,11H,9-10,12-13H2,1H3. The van der Waals surface area contributed by atoms with Gasteiger partial charge >= 0.3 is 5.97 Å². The Bertz CT molecular complexity index is 742. The monoisotopic (exact) mass is 325 g/mol. The Morgan fingerprint density at radius 3 is 2.71 bits per heavy atom. The molecule has 0 aliphatic carbocycles. The summed E-state index contributed by atoms with van der Waals surface area (Å²) in [5.41, 5.74) is 2.67. The fourth-order valence-electron chi connectivity index (χ4n) is 2.71. The van der Waals surface area contributed by atoms with Crippen LogP contribution in [0.4, 0.5) is 0 Å². The molecule has 5 heteroatoms. The van der Waals surface area contributed by atoms with Gasteiger partial charge in [0.25, 0.3) is 5.91 Å². The molecule has 0 unspecified atom stereocenters. The van der Waals surface area contributed by atoms with Crippen molar-refractivity contribution in [3.05, 3.63) is 65.2 Å². The Hall–Kier alpha value is -2.82. The number of nitrogens with zero attached hydrogens (tertiary/aromatic N) is 1. The number of ether oxygens (including phenoxy) is 2. The van der Waals surface area contributed by atoms with Crippen LogP contribution in [0.25, 0.3) is 0 Å². The molecule has 1 heterocycles. The van der Waals surface area contributed by atoms with E-state index in [1.54, 1.807) is 12.1 Å². The Kier molecular flexibility index (Phi) is 4.79. The molecule has 0 saturated carbocycles. The average Bonchev–Trinajstić information content (AvgIpc) is 2.63. The maximum absolute atomic E-state index is 12.4. The number of hydrogen-bond acceptors (Lipinski definition) is 4. The van der Waals surface area contributed by atoms with Crippen LogP contribution in [0, 0.1) is 0 Å². The minimum absolute atomic E-state index is 0.0129.